The minimum absolute atomic E-state index is 0.0389. The van der Waals surface area contributed by atoms with Crippen molar-refractivity contribution in [2.24, 2.45) is 5.92 Å². The molecule has 0 spiro atoms. The van der Waals surface area contributed by atoms with Gasteiger partial charge in [0, 0.05) is 22.2 Å². The van der Waals surface area contributed by atoms with Crippen molar-refractivity contribution in [3.05, 3.63) is 54.1 Å². The fourth-order valence-electron chi connectivity index (χ4n) is 2.46. The van der Waals surface area contributed by atoms with Crippen LogP contribution in [-0.4, -0.2) is 17.1 Å². The van der Waals surface area contributed by atoms with Crippen LogP contribution in [0.2, 0.25) is 0 Å². The van der Waals surface area contributed by atoms with Crippen molar-refractivity contribution in [1.82, 2.24) is 0 Å². The molecular weight excluding hydrogens is 332 g/mol. The molecule has 3 rings (SSSR count). The van der Waals surface area contributed by atoms with E-state index < -0.39 is 0 Å². The van der Waals surface area contributed by atoms with E-state index in [0.29, 0.717) is 0 Å². The number of hydrogen-bond acceptors (Lipinski definition) is 3. The highest BCUT2D eigenvalue weighted by Crippen LogP contribution is 2.31. The maximum Gasteiger partial charge on any atom is 0.237 e. The Morgan fingerprint density at radius 1 is 1.04 bits per heavy atom. The van der Waals surface area contributed by atoms with E-state index in [-0.39, 0.29) is 23.0 Å². The van der Waals surface area contributed by atoms with Gasteiger partial charge < -0.3 is 10.6 Å². The van der Waals surface area contributed by atoms with Gasteiger partial charge in [0.15, 0.2) is 0 Å². The fourth-order valence-corrected chi connectivity index (χ4v) is 3.39. The van der Waals surface area contributed by atoms with Crippen molar-refractivity contribution in [1.29, 1.82) is 0 Å². The van der Waals surface area contributed by atoms with Gasteiger partial charge in [-0.05, 0) is 62.6 Å². The molecule has 1 fully saturated rings. The van der Waals surface area contributed by atoms with Crippen LogP contribution in [0.3, 0.4) is 0 Å². The molecule has 0 saturated heterocycles. The predicted molar refractivity (Wildman–Crippen MR) is 103 cm³/mol. The average Bonchev–Trinajstić information content (AvgIpc) is 3.40. The molecule has 2 aromatic rings. The van der Waals surface area contributed by atoms with Crippen LogP contribution in [0.5, 0.6) is 0 Å². The van der Waals surface area contributed by atoms with Crippen molar-refractivity contribution in [2.45, 2.75) is 36.8 Å². The first-order chi connectivity index (χ1) is 12.0. The summed E-state index contributed by atoms with van der Waals surface area (Å²) in [6, 6.07) is 15.4. The van der Waals surface area contributed by atoms with Gasteiger partial charge in [0.05, 0.1) is 5.25 Å². The summed E-state index contributed by atoms with van der Waals surface area (Å²) in [4.78, 5) is 25.2. The number of benzene rings is 2. The van der Waals surface area contributed by atoms with Crippen LogP contribution in [-0.2, 0) is 9.59 Å². The van der Waals surface area contributed by atoms with Crippen LogP contribution in [0, 0.1) is 12.8 Å². The summed E-state index contributed by atoms with van der Waals surface area (Å²) in [5.41, 5.74) is 2.70. The lowest BCUT2D eigenvalue weighted by atomic mass is 10.2. The SMILES string of the molecule is Cc1cccc(NC(=O)C(C)Sc2cccc(NC(=O)C3CC3)c2)c1. The van der Waals surface area contributed by atoms with E-state index in [0.717, 1.165) is 34.7 Å². The van der Waals surface area contributed by atoms with E-state index in [1.807, 2.05) is 62.4 Å². The lowest BCUT2D eigenvalue weighted by molar-refractivity contribution is -0.117. The molecule has 4 nitrogen and oxygen atoms in total. The van der Waals surface area contributed by atoms with Crippen LogP contribution >= 0.6 is 11.8 Å². The molecule has 1 aliphatic rings. The smallest absolute Gasteiger partial charge is 0.237 e. The first-order valence-electron chi connectivity index (χ1n) is 8.46. The van der Waals surface area contributed by atoms with E-state index in [1.54, 1.807) is 0 Å². The Kier molecular flexibility index (Phi) is 5.43. The first-order valence-corrected chi connectivity index (χ1v) is 9.34. The van der Waals surface area contributed by atoms with Crippen LogP contribution in [0.4, 0.5) is 11.4 Å². The number of hydrogen-bond donors (Lipinski definition) is 2. The monoisotopic (exact) mass is 354 g/mol. The molecule has 2 aromatic carbocycles. The largest absolute Gasteiger partial charge is 0.326 e. The number of carbonyl (C=O) groups excluding carboxylic acids is 2. The number of aryl methyl sites for hydroxylation is 1. The summed E-state index contributed by atoms with van der Waals surface area (Å²) in [6.07, 6.45) is 1.97. The van der Waals surface area contributed by atoms with Crippen molar-refractivity contribution in [3.63, 3.8) is 0 Å². The highest BCUT2D eigenvalue weighted by atomic mass is 32.2. The number of amides is 2. The van der Waals surface area contributed by atoms with Crippen LogP contribution in [0.15, 0.2) is 53.4 Å². The normalized spacial score (nSPS) is 14.6. The summed E-state index contributed by atoms with van der Waals surface area (Å²) in [5.74, 6) is 0.228. The van der Waals surface area contributed by atoms with Gasteiger partial charge in [-0.15, -0.1) is 11.8 Å². The lowest BCUT2D eigenvalue weighted by Crippen LogP contribution is -2.22. The standard InChI is InChI=1S/C20H22N2O2S/c1-13-5-3-6-16(11-13)21-19(23)14(2)25-18-8-4-7-17(12-18)22-20(24)15-9-10-15/h3-8,11-12,14-15H,9-10H2,1-2H3,(H,21,23)(H,22,24). The van der Waals surface area contributed by atoms with Gasteiger partial charge in [0.25, 0.3) is 0 Å². The Morgan fingerprint density at radius 3 is 2.40 bits per heavy atom. The molecular formula is C20H22N2O2S. The third-order valence-electron chi connectivity index (χ3n) is 4.02. The van der Waals surface area contributed by atoms with Crippen LogP contribution in [0.1, 0.15) is 25.3 Å². The number of nitrogens with one attached hydrogen (secondary N) is 2. The zero-order valence-electron chi connectivity index (χ0n) is 14.4. The molecule has 25 heavy (non-hydrogen) atoms. The third kappa shape index (κ3) is 5.10. The summed E-state index contributed by atoms with van der Waals surface area (Å²) < 4.78 is 0. The second-order valence-corrected chi connectivity index (χ2v) is 7.82. The topological polar surface area (TPSA) is 58.2 Å². The van der Waals surface area contributed by atoms with Gasteiger partial charge in [-0.25, -0.2) is 0 Å². The molecule has 130 valence electrons. The van der Waals surface area contributed by atoms with Crippen LogP contribution in [0.25, 0.3) is 0 Å². The van der Waals surface area contributed by atoms with E-state index in [1.165, 1.54) is 11.8 Å². The summed E-state index contributed by atoms with van der Waals surface area (Å²) in [6.45, 7) is 3.88. The fraction of sp³-hybridized carbons (Fsp3) is 0.300. The average molecular weight is 354 g/mol. The van der Waals surface area contributed by atoms with Crippen molar-refractivity contribution >= 4 is 35.0 Å². The molecule has 0 radical (unpaired) electrons. The van der Waals surface area contributed by atoms with E-state index in [4.69, 9.17) is 0 Å². The van der Waals surface area contributed by atoms with E-state index in [9.17, 15) is 9.59 Å². The molecule has 1 saturated carbocycles. The van der Waals surface area contributed by atoms with Gasteiger partial charge in [0.1, 0.15) is 0 Å². The maximum atomic E-state index is 12.4. The Morgan fingerprint density at radius 2 is 1.72 bits per heavy atom. The van der Waals surface area contributed by atoms with Crippen molar-refractivity contribution in [2.75, 3.05) is 10.6 Å². The van der Waals surface area contributed by atoms with E-state index >= 15 is 0 Å². The molecule has 2 N–H and O–H groups in total. The van der Waals surface area contributed by atoms with Gasteiger partial charge in [-0.2, -0.15) is 0 Å². The number of rotatable bonds is 6. The Bertz CT molecular complexity index is 787. The summed E-state index contributed by atoms with van der Waals surface area (Å²) in [7, 11) is 0. The molecule has 0 aromatic heterocycles. The molecule has 5 heteroatoms. The number of anilines is 2. The Labute approximate surface area is 152 Å². The zero-order valence-corrected chi connectivity index (χ0v) is 15.2. The quantitative estimate of drug-likeness (QED) is 0.753. The number of carbonyl (C=O) groups is 2. The van der Waals surface area contributed by atoms with Gasteiger partial charge in [-0.1, -0.05) is 18.2 Å². The lowest BCUT2D eigenvalue weighted by Gasteiger charge is -2.13. The third-order valence-corrected chi connectivity index (χ3v) is 5.11. The van der Waals surface area contributed by atoms with Crippen molar-refractivity contribution < 1.29 is 9.59 Å². The molecule has 0 heterocycles. The van der Waals surface area contributed by atoms with E-state index in [2.05, 4.69) is 10.6 Å². The molecule has 1 atom stereocenters. The highest BCUT2D eigenvalue weighted by molar-refractivity contribution is 8.00. The second-order valence-electron chi connectivity index (χ2n) is 6.41. The maximum absolute atomic E-state index is 12.4. The molecule has 1 unspecified atom stereocenters. The summed E-state index contributed by atoms with van der Waals surface area (Å²) >= 11 is 1.48. The minimum atomic E-state index is -0.241. The molecule has 0 bridgehead atoms. The Balaban J connectivity index is 1.58. The van der Waals surface area contributed by atoms with Crippen molar-refractivity contribution in [3.8, 4) is 0 Å². The van der Waals surface area contributed by atoms with Gasteiger partial charge in [0.2, 0.25) is 11.8 Å². The highest BCUT2D eigenvalue weighted by Gasteiger charge is 2.29. The molecule has 0 aliphatic heterocycles. The van der Waals surface area contributed by atoms with Gasteiger partial charge >= 0.3 is 0 Å². The number of thioether (sulfide) groups is 1. The first kappa shape index (κ1) is 17.5. The van der Waals surface area contributed by atoms with Gasteiger partial charge in [-0.3, -0.25) is 9.59 Å². The molecule has 1 aliphatic carbocycles. The predicted octanol–water partition coefficient (Wildman–Crippen LogP) is 4.46. The zero-order chi connectivity index (χ0) is 17.8. The second kappa shape index (κ2) is 7.74. The Hall–Kier alpha value is -2.27. The van der Waals surface area contributed by atoms with Crippen LogP contribution < -0.4 is 10.6 Å². The minimum Gasteiger partial charge on any atom is -0.326 e. The summed E-state index contributed by atoms with van der Waals surface area (Å²) in [5, 5.41) is 5.64. The molecule has 2 amide bonds.